The maximum atomic E-state index is 13.5. The minimum atomic E-state index is -0.627. The van der Waals surface area contributed by atoms with E-state index in [2.05, 4.69) is 10.2 Å². The van der Waals surface area contributed by atoms with Crippen molar-refractivity contribution in [2.45, 2.75) is 18.6 Å². The number of thioether (sulfide) groups is 1. The first kappa shape index (κ1) is 26.9. The highest BCUT2D eigenvalue weighted by molar-refractivity contribution is 8.15. The molecule has 1 atom stereocenters. The summed E-state index contributed by atoms with van der Waals surface area (Å²) in [7, 11) is 1.81. The minimum Gasteiger partial charge on any atom is -0.379 e. The number of anilines is 1. The van der Waals surface area contributed by atoms with Crippen molar-refractivity contribution in [2.75, 3.05) is 44.7 Å². The van der Waals surface area contributed by atoms with E-state index in [9.17, 15) is 14.4 Å². The van der Waals surface area contributed by atoms with Crippen molar-refractivity contribution >= 4 is 40.1 Å². The van der Waals surface area contributed by atoms with Gasteiger partial charge in [0.25, 0.3) is 5.56 Å². The molecule has 2 saturated heterocycles. The molecule has 3 aromatic rings. The Kier molecular flexibility index (Phi) is 8.30. The number of ether oxygens (including phenoxy) is 1. The Hall–Kier alpha value is -3.67. The molecule has 1 N–H and O–H groups in total. The van der Waals surface area contributed by atoms with Gasteiger partial charge in [0, 0.05) is 45.3 Å². The third kappa shape index (κ3) is 6.00. The largest absolute Gasteiger partial charge is 0.379 e. The van der Waals surface area contributed by atoms with Gasteiger partial charge in [-0.15, -0.1) is 0 Å². The zero-order valence-corrected chi connectivity index (χ0v) is 22.9. The average Bonchev–Trinajstić information content (AvgIpc) is 3.35. The number of carbonyl (C=O) groups excluding carboxylic acids is 2. The van der Waals surface area contributed by atoms with Crippen LogP contribution in [0, 0.1) is 6.92 Å². The Labute approximate surface area is 231 Å². The van der Waals surface area contributed by atoms with Crippen LogP contribution in [0.1, 0.15) is 12.1 Å². The average molecular weight is 549 g/mol. The molecule has 11 heteroatoms. The normalized spacial score (nSPS) is 19.1. The maximum absolute atomic E-state index is 13.5. The number of hydrogen-bond donors (Lipinski definition) is 1. The van der Waals surface area contributed by atoms with Crippen molar-refractivity contribution in [1.82, 2.24) is 19.2 Å². The molecule has 10 nitrogen and oxygen atoms in total. The fraction of sp³-hybridized carbons (Fsp3) is 0.357. The lowest BCUT2D eigenvalue weighted by Gasteiger charge is -2.28. The van der Waals surface area contributed by atoms with E-state index in [-0.39, 0.29) is 29.5 Å². The van der Waals surface area contributed by atoms with Crippen LogP contribution >= 0.6 is 11.8 Å². The van der Waals surface area contributed by atoms with Gasteiger partial charge in [-0.2, -0.15) is 0 Å². The molecule has 3 heterocycles. The molecule has 39 heavy (non-hydrogen) atoms. The number of nitrogens with one attached hydrogen (secondary N) is 1. The number of nitrogens with zero attached hydrogens (tertiary/aromatic N) is 5. The van der Waals surface area contributed by atoms with Gasteiger partial charge in [0.05, 0.1) is 24.6 Å². The summed E-state index contributed by atoms with van der Waals surface area (Å²) in [5.74, 6) is -0.420. The first-order chi connectivity index (χ1) is 18.9. The van der Waals surface area contributed by atoms with E-state index in [0.29, 0.717) is 42.9 Å². The number of rotatable bonds is 8. The van der Waals surface area contributed by atoms with Gasteiger partial charge in [-0.05, 0) is 31.2 Å². The molecule has 0 saturated carbocycles. The van der Waals surface area contributed by atoms with Gasteiger partial charge in [-0.1, -0.05) is 48.2 Å². The van der Waals surface area contributed by atoms with Crippen LogP contribution in [-0.4, -0.2) is 80.8 Å². The van der Waals surface area contributed by atoms with Gasteiger partial charge < -0.3 is 10.1 Å². The van der Waals surface area contributed by atoms with E-state index in [4.69, 9.17) is 9.73 Å². The van der Waals surface area contributed by atoms with Gasteiger partial charge in [-0.25, -0.2) is 9.67 Å². The number of aromatic nitrogens is 2. The lowest BCUT2D eigenvalue weighted by Crippen LogP contribution is -2.43. The molecule has 0 spiro atoms. The molecule has 2 aromatic carbocycles. The molecule has 2 aliphatic rings. The molecule has 2 fully saturated rings. The van der Waals surface area contributed by atoms with E-state index < -0.39 is 5.25 Å². The van der Waals surface area contributed by atoms with E-state index in [1.165, 1.54) is 11.8 Å². The molecular weight excluding hydrogens is 516 g/mol. The van der Waals surface area contributed by atoms with Crippen molar-refractivity contribution < 1.29 is 14.3 Å². The summed E-state index contributed by atoms with van der Waals surface area (Å²) in [6.07, 6.45) is 0.00743. The van der Waals surface area contributed by atoms with Crippen molar-refractivity contribution in [3.05, 3.63) is 76.7 Å². The number of amidine groups is 1. The summed E-state index contributed by atoms with van der Waals surface area (Å²) < 4.78 is 8.78. The maximum Gasteiger partial charge on any atom is 0.297 e. The number of aliphatic imine (C=N–C) groups is 1. The monoisotopic (exact) mass is 548 g/mol. The topological polar surface area (TPSA) is 101 Å². The Morgan fingerprint density at radius 1 is 1.03 bits per heavy atom. The zero-order chi connectivity index (χ0) is 27.4. The fourth-order valence-corrected chi connectivity index (χ4v) is 5.85. The van der Waals surface area contributed by atoms with Crippen LogP contribution < -0.4 is 10.9 Å². The second-order valence-electron chi connectivity index (χ2n) is 9.47. The van der Waals surface area contributed by atoms with Crippen LogP contribution in [0.15, 0.2) is 70.5 Å². The summed E-state index contributed by atoms with van der Waals surface area (Å²) in [5, 5.41) is 2.67. The smallest absolute Gasteiger partial charge is 0.297 e. The van der Waals surface area contributed by atoms with Crippen LogP contribution in [-0.2, 0) is 21.4 Å². The van der Waals surface area contributed by atoms with Crippen LogP contribution in [0.3, 0.4) is 0 Å². The summed E-state index contributed by atoms with van der Waals surface area (Å²) in [6.45, 7) is 5.82. The van der Waals surface area contributed by atoms with Crippen molar-refractivity contribution in [1.29, 1.82) is 0 Å². The SMILES string of the molecule is Cc1c(N=C2SC(CC(=O)Nc3ccccc3)C(=O)N2CCN2CCOCC2)c(=O)n(-c2ccccc2)n1C. The zero-order valence-electron chi connectivity index (χ0n) is 22.1. The van der Waals surface area contributed by atoms with Crippen LogP contribution in [0.25, 0.3) is 5.69 Å². The Bertz CT molecular complexity index is 1410. The number of carbonyl (C=O) groups is 2. The summed E-state index contributed by atoms with van der Waals surface area (Å²) in [4.78, 5) is 48.4. The van der Waals surface area contributed by atoms with Crippen LogP contribution in [0.2, 0.25) is 0 Å². The predicted octanol–water partition coefficient (Wildman–Crippen LogP) is 2.78. The van der Waals surface area contributed by atoms with Gasteiger partial charge in [-0.3, -0.25) is 28.9 Å². The fourth-order valence-electron chi connectivity index (χ4n) is 4.68. The lowest BCUT2D eigenvalue weighted by atomic mass is 10.2. The number of para-hydroxylation sites is 2. The van der Waals surface area contributed by atoms with Crippen molar-refractivity contribution in [2.24, 2.45) is 12.0 Å². The molecule has 5 rings (SSSR count). The second kappa shape index (κ2) is 12.0. The first-order valence-corrected chi connectivity index (χ1v) is 13.9. The molecule has 1 aromatic heterocycles. The Morgan fingerprint density at radius 3 is 2.38 bits per heavy atom. The Balaban J connectivity index is 1.42. The van der Waals surface area contributed by atoms with Crippen molar-refractivity contribution in [3.63, 3.8) is 0 Å². The third-order valence-corrected chi connectivity index (χ3v) is 8.10. The standard InChI is InChI=1S/C28H32N6O4S/c1-20-25(27(37)34(31(20)2)22-11-7-4-8-12-22)30-28-33(14-13-32-15-17-38-18-16-32)26(36)23(39-28)19-24(35)29-21-9-5-3-6-10-21/h3-12,23H,13-19H2,1-2H3,(H,29,35). The number of benzene rings is 2. The molecule has 0 radical (unpaired) electrons. The van der Waals surface area contributed by atoms with E-state index >= 15 is 0 Å². The lowest BCUT2D eigenvalue weighted by molar-refractivity contribution is -0.128. The number of hydrogen-bond acceptors (Lipinski definition) is 7. The Morgan fingerprint density at radius 2 is 1.69 bits per heavy atom. The molecule has 0 bridgehead atoms. The minimum absolute atomic E-state index is 0.00743. The van der Waals surface area contributed by atoms with Gasteiger partial charge in [0.2, 0.25) is 11.8 Å². The summed E-state index contributed by atoms with van der Waals surface area (Å²) in [6, 6.07) is 18.5. The highest BCUT2D eigenvalue weighted by Crippen LogP contribution is 2.32. The molecular formula is C28H32N6O4S. The van der Waals surface area contributed by atoms with E-state index in [1.54, 1.807) is 26.4 Å². The van der Waals surface area contributed by atoms with Crippen LogP contribution in [0.5, 0.6) is 0 Å². The molecule has 1 unspecified atom stereocenters. The second-order valence-corrected chi connectivity index (χ2v) is 10.6. The molecule has 0 aliphatic carbocycles. The predicted molar refractivity (Wildman–Crippen MR) is 153 cm³/mol. The highest BCUT2D eigenvalue weighted by atomic mass is 32.2. The summed E-state index contributed by atoms with van der Waals surface area (Å²) in [5.41, 5.74) is 2.11. The van der Waals surface area contributed by atoms with Gasteiger partial charge >= 0.3 is 0 Å². The first-order valence-electron chi connectivity index (χ1n) is 13.0. The van der Waals surface area contributed by atoms with Crippen LogP contribution in [0.4, 0.5) is 11.4 Å². The molecule has 2 aliphatic heterocycles. The third-order valence-electron chi connectivity index (χ3n) is 6.92. The highest BCUT2D eigenvalue weighted by Gasteiger charge is 2.39. The van der Waals surface area contributed by atoms with Gasteiger partial charge in [0.1, 0.15) is 5.25 Å². The van der Waals surface area contributed by atoms with E-state index in [0.717, 1.165) is 18.8 Å². The quantitative estimate of drug-likeness (QED) is 0.465. The molecule has 204 valence electrons. The number of morpholine rings is 1. The van der Waals surface area contributed by atoms with Crippen molar-refractivity contribution in [3.8, 4) is 5.69 Å². The van der Waals surface area contributed by atoms with Gasteiger partial charge in [0.15, 0.2) is 10.9 Å². The summed E-state index contributed by atoms with van der Waals surface area (Å²) >= 11 is 1.24. The molecule has 2 amide bonds. The van der Waals surface area contributed by atoms with E-state index in [1.807, 2.05) is 62.5 Å². The number of amides is 2.